The molecule has 1 amide bonds. The Morgan fingerprint density at radius 3 is 2.63 bits per heavy atom. The first-order chi connectivity index (χ1) is 14.0. The highest BCUT2D eigenvalue weighted by atomic mass is 35.5. The predicted octanol–water partition coefficient (Wildman–Crippen LogP) is 3.47. The summed E-state index contributed by atoms with van der Waals surface area (Å²) in [5.74, 6) is 0.575. The molecule has 164 valence electrons. The van der Waals surface area contributed by atoms with Crippen molar-refractivity contribution in [3.05, 3.63) is 39.6 Å². The number of benzene rings is 1. The minimum atomic E-state index is -1.20. The SMILES string of the molecule is COc1cc(N2CCN(C(=O)Cn3nc(C)c(Cl)c3C(C)(C)O)C(C)C2)ccc1Cl. The van der Waals surface area contributed by atoms with Gasteiger partial charge in [0.05, 0.1) is 28.5 Å². The quantitative estimate of drug-likeness (QED) is 0.748. The van der Waals surface area contributed by atoms with Gasteiger partial charge in [0.25, 0.3) is 0 Å². The van der Waals surface area contributed by atoms with E-state index >= 15 is 0 Å². The number of aromatic nitrogens is 2. The Balaban J connectivity index is 1.72. The molecular weight excluding hydrogens is 427 g/mol. The third-order valence-corrected chi connectivity index (χ3v) is 6.13. The predicted molar refractivity (Wildman–Crippen MR) is 119 cm³/mol. The van der Waals surface area contributed by atoms with E-state index in [1.807, 2.05) is 30.0 Å². The summed E-state index contributed by atoms with van der Waals surface area (Å²) in [5.41, 5.74) is 0.857. The minimum absolute atomic E-state index is 0.00522. The van der Waals surface area contributed by atoms with Crippen molar-refractivity contribution in [3.63, 3.8) is 0 Å². The number of carbonyl (C=O) groups excluding carboxylic acids is 1. The minimum Gasteiger partial charge on any atom is -0.495 e. The third-order valence-electron chi connectivity index (χ3n) is 5.37. The van der Waals surface area contributed by atoms with Gasteiger partial charge in [0.2, 0.25) is 5.91 Å². The van der Waals surface area contributed by atoms with Crippen molar-refractivity contribution >= 4 is 34.8 Å². The standard InChI is InChI=1S/C21H28Cl2N4O3/c1-13-11-25(15-6-7-16(22)17(10-15)30-5)8-9-26(13)18(28)12-27-20(21(3,4)29)19(23)14(2)24-27/h6-7,10,13,29H,8-9,11-12H2,1-5H3. The number of ether oxygens (including phenoxy) is 1. The van der Waals surface area contributed by atoms with Gasteiger partial charge in [-0.05, 0) is 39.8 Å². The summed E-state index contributed by atoms with van der Waals surface area (Å²) in [6, 6.07) is 5.70. The van der Waals surface area contributed by atoms with Crippen LogP contribution in [0.1, 0.15) is 32.2 Å². The van der Waals surface area contributed by atoms with Crippen LogP contribution in [-0.4, -0.2) is 58.5 Å². The Bertz CT molecular complexity index is 939. The number of rotatable bonds is 5. The Hall–Kier alpha value is -1.96. The molecule has 1 unspecified atom stereocenters. The Morgan fingerprint density at radius 2 is 2.03 bits per heavy atom. The van der Waals surface area contributed by atoms with Gasteiger partial charge in [-0.2, -0.15) is 5.10 Å². The van der Waals surface area contributed by atoms with Gasteiger partial charge in [-0.15, -0.1) is 0 Å². The number of hydrogen-bond acceptors (Lipinski definition) is 5. The molecule has 0 saturated carbocycles. The van der Waals surface area contributed by atoms with Crippen LogP contribution in [0.2, 0.25) is 10.0 Å². The van der Waals surface area contributed by atoms with Crippen molar-refractivity contribution in [2.45, 2.75) is 45.9 Å². The van der Waals surface area contributed by atoms with Crippen LogP contribution in [-0.2, 0) is 16.9 Å². The van der Waals surface area contributed by atoms with Crippen LogP contribution in [0.3, 0.4) is 0 Å². The largest absolute Gasteiger partial charge is 0.495 e. The van der Waals surface area contributed by atoms with E-state index in [1.165, 1.54) is 4.68 Å². The lowest BCUT2D eigenvalue weighted by Crippen LogP contribution is -2.55. The maximum atomic E-state index is 13.1. The van der Waals surface area contributed by atoms with Crippen LogP contribution < -0.4 is 9.64 Å². The molecular formula is C21H28Cl2N4O3. The average Bonchev–Trinajstić information content (AvgIpc) is 2.95. The molecule has 30 heavy (non-hydrogen) atoms. The molecule has 1 aliphatic heterocycles. The van der Waals surface area contributed by atoms with E-state index in [2.05, 4.69) is 10.00 Å². The summed E-state index contributed by atoms with van der Waals surface area (Å²) in [4.78, 5) is 17.1. The Morgan fingerprint density at radius 1 is 1.33 bits per heavy atom. The number of nitrogens with zero attached hydrogens (tertiary/aromatic N) is 4. The molecule has 0 bridgehead atoms. The van der Waals surface area contributed by atoms with Crippen molar-refractivity contribution in [3.8, 4) is 5.75 Å². The van der Waals surface area contributed by atoms with Crippen LogP contribution in [0, 0.1) is 6.92 Å². The van der Waals surface area contributed by atoms with Gasteiger partial charge in [0.15, 0.2) is 0 Å². The number of halogens is 2. The van der Waals surface area contributed by atoms with E-state index in [-0.39, 0.29) is 18.5 Å². The topological polar surface area (TPSA) is 70.8 Å². The molecule has 2 heterocycles. The van der Waals surface area contributed by atoms with E-state index in [9.17, 15) is 9.90 Å². The van der Waals surface area contributed by atoms with Gasteiger partial charge in [-0.1, -0.05) is 23.2 Å². The zero-order chi connectivity index (χ0) is 22.2. The molecule has 1 fully saturated rings. The zero-order valence-corrected chi connectivity index (χ0v) is 19.5. The summed E-state index contributed by atoms with van der Waals surface area (Å²) >= 11 is 12.5. The number of aliphatic hydroxyl groups is 1. The summed E-state index contributed by atoms with van der Waals surface area (Å²) in [7, 11) is 1.59. The maximum absolute atomic E-state index is 13.1. The molecule has 1 N–H and O–H groups in total. The number of methoxy groups -OCH3 is 1. The smallest absolute Gasteiger partial charge is 0.244 e. The van der Waals surface area contributed by atoms with E-state index in [4.69, 9.17) is 27.9 Å². The first-order valence-corrected chi connectivity index (χ1v) is 10.6. The lowest BCUT2D eigenvalue weighted by molar-refractivity contribution is -0.134. The van der Waals surface area contributed by atoms with Crippen molar-refractivity contribution in [2.75, 3.05) is 31.6 Å². The molecule has 1 atom stereocenters. The second-order valence-electron chi connectivity index (χ2n) is 8.17. The number of aryl methyl sites for hydroxylation is 1. The van der Waals surface area contributed by atoms with Crippen molar-refractivity contribution in [1.82, 2.24) is 14.7 Å². The van der Waals surface area contributed by atoms with E-state index in [0.29, 0.717) is 46.8 Å². The van der Waals surface area contributed by atoms with Crippen molar-refractivity contribution in [1.29, 1.82) is 0 Å². The summed E-state index contributed by atoms with van der Waals surface area (Å²) in [6.07, 6.45) is 0. The number of hydrogen-bond donors (Lipinski definition) is 1. The molecule has 1 aromatic heterocycles. The molecule has 1 saturated heterocycles. The van der Waals surface area contributed by atoms with Crippen LogP contribution in [0.25, 0.3) is 0 Å². The van der Waals surface area contributed by atoms with E-state index in [0.717, 1.165) is 5.69 Å². The van der Waals surface area contributed by atoms with Crippen LogP contribution in [0.15, 0.2) is 18.2 Å². The van der Waals surface area contributed by atoms with Crippen LogP contribution in [0.5, 0.6) is 5.75 Å². The van der Waals surface area contributed by atoms with Gasteiger partial charge < -0.3 is 19.6 Å². The highest BCUT2D eigenvalue weighted by Crippen LogP contribution is 2.32. The fraction of sp³-hybridized carbons (Fsp3) is 0.524. The Kier molecular flexibility index (Phi) is 6.55. The van der Waals surface area contributed by atoms with Gasteiger partial charge in [0.1, 0.15) is 17.9 Å². The summed E-state index contributed by atoms with van der Waals surface area (Å²) < 4.78 is 6.83. The van der Waals surface area contributed by atoms with Gasteiger partial charge in [0, 0.05) is 37.4 Å². The number of carbonyl (C=O) groups is 1. The molecule has 1 aromatic carbocycles. The monoisotopic (exact) mass is 454 g/mol. The van der Waals surface area contributed by atoms with Crippen molar-refractivity contribution in [2.24, 2.45) is 0 Å². The van der Waals surface area contributed by atoms with Crippen molar-refractivity contribution < 1.29 is 14.6 Å². The van der Waals surface area contributed by atoms with Gasteiger partial charge in [-0.3, -0.25) is 9.48 Å². The lowest BCUT2D eigenvalue weighted by atomic mass is 10.1. The molecule has 0 spiro atoms. The fourth-order valence-electron chi connectivity index (χ4n) is 3.89. The average molecular weight is 455 g/mol. The fourth-order valence-corrected chi connectivity index (χ4v) is 4.45. The normalized spacial score (nSPS) is 17.4. The van der Waals surface area contributed by atoms with E-state index < -0.39 is 5.60 Å². The molecule has 0 aliphatic carbocycles. The van der Waals surface area contributed by atoms with Crippen LogP contribution >= 0.6 is 23.2 Å². The number of anilines is 1. The maximum Gasteiger partial charge on any atom is 0.244 e. The first-order valence-electron chi connectivity index (χ1n) is 9.86. The van der Waals surface area contributed by atoms with E-state index in [1.54, 1.807) is 27.9 Å². The number of amides is 1. The highest BCUT2D eigenvalue weighted by molar-refractivity contribution is 6.32. The molecule has 9 heteroatoms. The summed E-state index contributed by atoms with van der Waals surface area (Å²) in [5, 5.41) is 15.8. The summed E-state index contributed by atoms with van der Waals surface area (Å²) in [6.45, 7) is 9.06. The third kappa shape index (κ3) is 4.53. The molecule has 3 rings (SSSR count). The second-order valence-corrected chi connectivity index (χ2v) is 8.95. The molecule has 1 aliphatic rings. The number of piperazine rings is 1. The lowest BCUT2D eigenvalue weighted by Gasteiger charge is -2.41. The molecule has 0 radical (unpaired) electrons. The highest BCUT2D eigenvalue weighted by Gasteiger charge is 2.31. The molecule has 7 nitrogen and oxygen atoms in total. The second kappa shape index (κ2) is 8.65. The van der Waals surface area contributed by atoms with Gasteiger partial charge in [-0.25, -0.2) is 0 Å². The zero-order valence-electron chi connectivity index (χ0n) is 17.9. The van der Waals surface area contributed by atoms with Gasteiger partial charge >= 0.3 is 0 Å². The molecule has 2 aromatic rings. The first kappa shape index (κ1) is 22.7. The Labute approximate surface area is 187 Å². The van der Waals surface area contributed by atoms with Crippen LogP contribution in [0.4, 0.5) is 5.69 Å².